The fraction of sp³-hybridized carbons (Fsp3) is 0.190. The lowest BCUT2D eigenvalue weighted by atomic mass is 10.1. The first-order valence-corrected chi connectivity index (χ1v) is 8.71. The average Bonchev–Trinajstić information content (AvgIpc) is 2.70. The number of nitrogens with one attached hydrogen (secondary N) is 1. The van der Waals surface area contributed by atoms with Crippen LogP contribution in [-0.4, -0.2) is 30.2 Å². The van der Waals surface area contributed by atoms with Crippen molar-refractivity contribution in [3.63, 3.8) is 0 Å². The molecule has 2 aromatic carbocycles. The second-order valence-corrected chi connectivity index (χ2v) is 6.09. The summed E-state index contributed by atoms with van der Waals surface area (Å²) in [5, 5.41) is 3.08. The van der Waals surface area contributed by atoms with Crippen molar-refractivity contribution in [3.05, 3.63) is 70.0 Å². The highest BCUT2D eigenvalue weighted by molar-refractivity contribution is 6.06. The quantitative estimate of drug-likeness (QED) is 0.688. The normalized spacial score (nSPS) is 10.5. The van der Waals surface area contributed by atoms with Gasteiger partial charge in [-0.05, 0) is 43.3 Å². The number of aromatic nitrogens is 1. The Kier molecular flexibility index (Phi) is 5.44. The molecule has 0 aliphatic carbocycles. The Morgan fingerprint density at radius 2 is 1.82 bits per heavy atom. The fourth-order valence-corrected chi connectivity index (χ4v) is 2.96. The molecule has 0 atom stereocenters. The van der Waals surface area contributed by atoms with Gasteiger partial charge in [-0.15, -0.1) is 0 Å². The zero-order valence-corrected chi connectivity index (χ0v) is 15.8. The molecule has 0 bridgehead atoms. The van der Waals surface area contributed by atoms with Gasteiger partial charge in [0.05, 0.1) is 30.2 Å². The Bertz CT molecular complexity index is 1100. The standard InChI is InChI=1S/C21H20N2O5/c1-4-28-21(26)13-8-10-14(11-9-13)22-20(25)16-12-23(2)18-15(19(16)24)6-5-7-17(18)27-3/h5-12H,4H2,1-3H3,(H,22,25). The van der Waals surface area contributed by atoms with Gasteiger partial charge in [0.1, 0.15) is 11.3 Å². The largest absolute Gasteiger partial charge is 0.495 e. The number of esters is 1. The van der Waals surface area contributed by atoms with Crippen LogP contribution in [0.25, 0.3) is 10.9 Å². The lowest BCUT2D eigenvalue weighted by Gasteiger charge is -2.12. The van der Waals surface area contributed by atoms with E-state index in [4.69, 9.17) is 9.47 Å². The number of benzene rings is 2. The van der Waals surface area contributed by atoms with E-state index in [-0.39, 0.29) is 17.6 Å². The third kappa shape index (κ3) is 3.59. The smallest absolute Gasteiger partial charge is 0.338 e. The highest BCUT2D eigenvalue weighted by Gasteiger charge is 2.17. The van der Waals surface area contributed by atoms with Crippen molar-refractivity contribution in [2.24, 2.45) is 7.05 Å². The number of pyridine rings is 1. The van der Waals surface area contributed by atoms with Crippen LogP contribution in [-0.2, 0) is 11.8 Å². The number of rotatable bonds is 5. The number of hydrogen-bond acceptors (Lipinski definition) is 5. The Morgan fingerprint density at radius 3 is 2.46 bits per heavy atom. The third-order valence-electron chi connectivity index (χ3n) is 4.28. The number of carbonyl (C=O) groups is 2. The van der Waals surface area contributed by atoms with Gasteiger partial charge in [-0.2, -0.15) is 0 Å². The first-order valence-electron chi connectivity index (χ1n) is 8.71. The summed E-state index contributed by atoms with van der Waals surface area (Å²) in [5.41, 5.74) is 1.09. The predicted molar refractivity (Wildman–Crippen MR) is 106 cm³/mol. The number of carbonyl (C=O) groups excluding carboxylic acids is 2. The van der Waals surface area contributed by atoms with Crippen LogP contribution in [0.3, 0.4) is 0 Å². The first kappa shape index (κ1) is 19.2. The Morgan fingerprint density at radius 1 is 1.11 bits per heavy atom. The lowest BCUT2D eigenvalue weighted by molar-refractivity contribution is 0.0526. The molecule has 144 valence electrons. The van der Waals surface area contributed by atoms with Gasteiger partial charge in [-0.3, -0.25) is 9.59 Å². The molecule has 0 saturated carbocycles. The summed E-state index contributed by atoms with van der Waals surface area (Å²) in [6.07, 6.45) is 1.48. The van der Waals surface area contributed by atoms with Crippen molar-refractivity contribution in [2.75, 3.05) is 19.0 Å². The van der Waals surface area contributed by atoms with Gasteiger partial charge in [0.25, 0.3) is 5.91 Å². The number of ether oxygens (including phenoxy) is 2. The zero-order valence-electron chi connectivity index (χ0n) is 15.8. The molecule has 3 rings (SSSR count). The Labute approximate surface area is 161 Å². The van der Waals surface area contributed by atoms with Gasteiger partial charge in [0.2, 0.25) is 5.43 Å². The minimum Gasteiger partial charge on any atom is -0.495 e. The summed E-state index contributed by atoms with van der Waals surface area (Å²) in [4.78, 5) is 37.2. The van der Waals surface area contributed by atoms with Gasteiger partial charge in [0.15, 0.2) is 0 Å². The van der Waals surface area contributed by atoms with Crippen molar-refractivity contribution in [1.29, 1.82) is 0 Å². The van der Waals surface area contributed by atoms with Crippen molar-refractivity contribution in [2.45, 2.75) is 6.92 Å². The Hall–Kier alpha value is -3.61. The first-order chi connectivity index (χ1) is 13.5. The summed E-state index contributed by atoms with van der Waals surface area (Å²) < 4.78 is 11.9. The number of methoxy groups -OCH3 is 1. The SMILES string of the molecule is CCOC(=O)c1ccc(NC(=O)c2cn(C)c3c(OC)cccc3c2=O)cc1. The molecule has 7 nitrogen and oxygen atoms in total. The van der Waals surface area contributed by atoms with E-state index in [2.05, 4.69) is 5.32 Å². The van der Waals surface area contributed by atoms with Crippen LogP contribution in [0.5, 0.6) is 5.75 Å². The van der Waals surface area contributed by atoms with Crippen LogP contribution in [0.4, 0.5) is 5.69 Å². The number of hydrogen-bond donors (Lipinski definition) is 1. The topological polar surface area (TPSA) is 86.6 Å². The van der Waals surface area contributed by atoms with E-state index < -0.39 is 11.9 Å². The molecule has 1 amide bonds. The summed E-state index contributed by atoms with van der Waals surface area (Å²) in [5.74, 6) is -0.412. The number of aryl methyl sites for hydroxylation is 1. The Balaban J connectivity index is 1.91. The van der Waals surface area contributed by atoms with Crippen molar-refractivity contribution < 1.29 is 19.1 Å². The number of fused-ring (bicyclic) bond motifs is 1. The maximum Gasteiger partial charge on any atom is 0.338 e. The molecule has 3 aromatic rings. The maximum atomic E-state index is 12.8. The molecule has 0 fully saturated rings. The molecule has 0 unspecified atom stereocenters. The summed E-state index contributed by atoms with van der Waals surface area (Å²) >= 11 is 0. The van der Waals surface area contributed by atoms with Gasteiger partial charge in [-0.25, -0.2) is 4.79 Å². The molecule has 0 aliphatic heterocycles. The number of nitrogens with zero attached hydrogens (tertiary/aromatic N) is 1. The minimum absolute atomic E-state index is 0.0118. The van der Waals surface area contributed by atoms with Crippen molar-refractivity contribution in [3.8, 4) is 5.75 Å². The van der Waals surface area contributed by atoms with Gasteiger partial charge >= 0.3 is 5.97 Å². The van der Waals surface area contributed by atoms with E-state index in [1.54, 1.807) is 61.0 Å². The third-order valence-corrected chi connectivity index (χ3v) is 4.28. The molecule has 1 N–H and O–H groups in total. The molecule has 7 heteroatoms. The molecule has 0 spiro atoms. The number of para-hydroxylation sites is 1. The highest BCUT2D eigenvalue weighted by atomic mass is 16.5. The van der Waals surface area contributed by atoms with E-state index in [0.717, 1.165) is 0 Å². The van der Waals surface area contributed by atoms with Gasteiger partial charge < -0.3 is 19.4 Å². The summed E-state index contributed by atoms with van der Waals surface area (Å²) in [7, 11) is 3.27. The lowest BCUT2D eigenvalue weighted by Crippen LogP contribution is -2.23. The van der Waals surface area contributed by atoms with E-state index in [9.17, 15) is 14.4 Å². The van der Waals surface area contributed by atoms with Crippen LogP contribution in [0, 0.1) is 0 Å². The van der Waals surface area contributed by atoms with E-state index >= 15 is 0 Å². The van der Waals surface area contributed by atoms with Crippen molar-refractivity contribution >= 4 is 28.5 Å². The van der Waals surface area contributed by atoms with Crippen LogP contribution < -0.4 is 15.5 Å². The van der Waals surface area contributed by atoms with E-state index in [1.165, 1.54) is 13.3 Å². The van der Waals surface area contributed by atoms with Gasteiger partial charge in [-0.1, -0.05) is 6.07 Å². The maximum absolute atomic E-state index is 12.8. The zero-order chi connectivity index (χ0) is 20.3. The molecule has 0 saturated heterocycles. The monoisotopic (exact) mass is 380 g/mol. The number of anilines is 1. The van der Waals surface area contributed by atoms with Crippen LogP contribution in [0.2, 0.25) is 0 Å². The number of amides is 1. The molecule has 1 aromatic heterocycles. The van der Waals surface area contributed by atoms with Crippen molar-refractivity contribution in [1.82, 2.24) is 4.57 Å². The highest BCUT2D eigenvalue weighted by Crippen LogP contribution is 2.23. The second-order valence-electron chi connectivity index (χ2n) is 6.09. The van der Waals surface area contributed by atoms with Crippen LogP contribution in [0.1, 0.15) is 27.6 Å². The van der Waals surface area contributed by atoms with Crippen LogP contribution in [0.15, 0.2) is 53.5 Å². The molecule has 0 aliphatic rings. The van der Waals surface area contributed by atoms with E-state index in [1.807, 2.05) is 0 Å². The fourth-order valence-electron chi connectivity index (χ4n) is 2.96. The van der Waals surface area contributed by atoms with E-state index in [0.29, 0.717) is 27.9 Å². The van der Waals surface area contributed by atoms with Crippen LogP contribution >= 0.6 is 0 Å². The minimum atomic E-state index is -0.533. The molecule has 0 radical (unpaired) electrons. The molecule has 1 heterocycles. The molecular weight excluding hydrogens is 360 g/mol. The molecular formula is C21H20N2O5. The summed E-state index contributed by atoms with van der Waals surface area (Å²) in [6.45, 7) is 2.01. The second kappa shape index (κ2) is 7.96. The average molecular weight is 380 g/mol. The van der Waals surface area contributed by atoms with Gasteiger partial charge in [0, 0.05) is 18.9 Å². The predicted octanol–water partition coefficient (Wildman–Crippen LogP) is 2.98. The summed E-state index contributed by atoms with van der Waals surface area (Å²) in [6, 6.07) is 11.4. The molecule has 28 heavy (non-hydrogen) atoms.